The van der Waals surface area contributed by atoms with Crippen LogP contribution in [-0.4, -0.2) is 29.8 Å². The Morgan fingerprint density at radius 3 is 2.43 bits per heavy atom. The lowest BCUT2D eigenvalue weighted by Gasteiger charge is -2.30. The molecule has 2 unspecified atom stereocenters. The van der Waals surface area contributed by atoms with E-state index in [1.54, 1.807) is 0 Å². The van der Waals surface area contributed by atoms with Crippen molar-refractivity contribution in [3.63, 3.8) is 0 Å². The lowest BCUT2D eigenvalue weighted by atomic mass is 9.92. The second-order valence-corrected chi connectivity index (χ2v) is 3.54. The van der Waals surface area contributed by atoms with Crippen LogP contribution in [0, 0.1) is 5.92 Å². The normalized spacial score (nSPS) is 28.8. The molecular formula is C8H12F3NO2. The highest BCUT2D eigenvalue weighted by atomic mass is 19.4. The van der Waals surface area contributed by atoms with Crippen molar-refractivity contribution in [2.75, 3.05) is 6.54 Å². The topological polar surface area (TPSA) is 49.3 Å². The van der Waals surface area contributed by atoms with Crippen LogP contribution in [0.4, 0.5) is 13.2 Å². The highest BCUT2D eigenvalue weighted by Gasteiger charge is 2.41. The first-order valence-corrected chi connectivity index (χ1v) is 4.41. The smallest absolute Gasteiger partial charge is 0.403 e. The molecule has 1 aliphatic heterocycles. The molecule has 0 aromatic heterocycles. The molecule has 1 saturated heterocycles. The number of nitrogens with one attached hydrogen (secondary N) is 1. The van der Waals surface area contributed by atoms with Gasteiger partial charge in [-0.1, -0.05) is 0 Å². The molecule has 14 heavy (non-hydrogen) atoms. The summed E-state index contributed by atoms with van der Waals surface area (Å²) in [5.74, 6) is -1.13. The van der Waals surface area contributed by atoms with Crippen LogP contribution in [0.1, 0.15) is 19.3 Å². The van der Waals surface area contributed by atoms with Crippen LogP contribution in [-0.2, 0) is 4.79 Å². The van der Waals surface area contributed by atoms with Crippen molar-refractivity contribution in [1.82, 2.24) is 5.32 Å². The monoisotopic (exact) mass is 211 g/mol. The van der Waals surface area contributed by atoms with Crippen LogP contribution in [0.5, 0.6) is 0 Å². The van der Waals surface area contributed by atoms with Gasteiger partial charge in [0.25, 0.3) is 0 Å². The summed E-state index contributed by atoms with van der Waals surface area (Å²) in [6.45, 7) is 0.135. The minimum absolute atomic E-state index is 0.0263. The number of rotatable bonds is 2. The first kappa shape index (κ1) is 11.3. The second kappa shape index (κ2) is 4.16. The van der Waals surface area contributed by atoms with Crippen LogP contribution < -0.4 is 5.32 Å². The zero-order chi connectivity index (χ0) is 10.8. The highest BCUT2D eigenvalue weighted by molar-refractivity contribution is 5.67. The molecule has 1 aliphatic rings. The average molecular weight is 211 g/mol. The van der Waals surface area contributed by atoms with Crippen molar-refractivity contribution in [3.05, 3.63) is 0 Å². The van der Waals surface area contributed by atoms with E-state index in [-0.39, 0.29) is 25.3 Å². The molecule has 2 atom stereocenters. The summed E-state index contributed by atoms with van der Waals surface area (Å²) in [7, 11) is 0. The fraction of sp³-hybridized carbons (Fsp3) is 0.875. The van der Waals surface area contributed by atoms with Gasteiger partial charge >= 0.3 is 12.1 Å². The summed E-state index contributed by atoms with van der Waals surface area (Å²) in [6.07, 6.45) is -3.98. The Bertz CT molecular complexity index is 209. The number of halogens is 3. The first-order chi connectivity index (χ1) is 6.39. The molecule has 6 heteroatoms. The maximum absolute atomic E-state index is 12.2. The van der Waals surface area contributed by atoms with Crippen LogP contribution in [0.25, 0.3) is 0 Å². The molecule has 1 fully saturated rings. The second-order valence-electron chi connectivity index (χ2n) is 3.54. The molecule has 0 aliphatic carbocycles. The van der Waals surface area contributed by atoms with Crippen molar-refractivity contribution in [1.29, 1.82) is 0 Å². The summed E-state index contributed by atoms with van der Waals surface area (Å²) >= 11 is 0. The zero-order valence-electron chi connectivity index (χ0n) is 7.47. The number of carbonyl (C=O) groups is 1. The quantitative estimate of drug-likeness (QED) is 0.725. The Morgan fingerprint density at radius 1 is 1.43 bits per heavy atom. The van der Waals surface area contributed by atoms with E-state index in [9.17, 15) is 18.0 Å². The molecule has 0 aromatic carbocycles. The predicted molar refractivity (Wildman–Crippen MR) is 42.8 cm³/mol. The molecule has 3 nitrogen and oxygen atoms in total. The number of aliphatic carboxylic acids is 1. The van der Waals surface area contributed by atoms with Crippen molar-refractivity contribution < 1.29 is 23.1 Å². The van der Waals surface area contributed by atoms with E-state index in [4.69, 9.17) is 5.11 Å². The van der Waals surface area contributed by atoms with Gasteiger partial charge in [0.1, 0.15) is 6.04 Å². The van der Waals surface area contributed by atoms with Crippen molar-refractivity contribution in [2.24, 2.45) is 5.92 Å². The van der Waals surface area contributed by atoms with E-state index in [0.717, 1.165) is 0 Å². The molecule has 0 spiro atoms. The van der Waals surface area contributed by atoms with E-state index in [0.29, 0.717) is 6.42 Å². The highest BCUT2D eigenvalue weighted by Crippen LogP contribution is 2.28. The van der Waals surface area contributed by atoms with E-state index in [1.165, 1.54) is 0 Å². The molecular weight excluding hydrogens is 199 g/mol. The Hall–Kier alpha value is -0.780. The first-order valence-electron chi connectivity index (χ1n) is 4.41. The summed E-state index contributed by atoms with van der Waals surface area (Å²) in [5.41, 5.74) is 0. The van der Waals surface area contributed by atoms with Crippen LogP contribution in [0.3, 0.4) is 0 Å². The van der Waals surface area contributed by atoms with Gasteiger partial charge in [-0.15, -0.1) is 0 Å². The summed E-state index contributed by atoms with van der Waals surface area (Å²) in [6, 6.07) is -1.47. The van der Waals surface area contributed by atoms with Crippen molar-refractivity contribution in [3.8, 4) is 0 Å². The lowest BCUT2D eigenvalue weighted by molar-refractivity contribution is -0.162. The average Bonchev–Trinajstić information content (AvgIpc) is 2.02. The third-order valence-corrected chi connectivity index (χ3v) is 2.37. The van der Waals surface area contributed by atoms with Crippen LogP contribution in [0.2, 0.25) is 0 Å². The number of hydrogen-bond donors (Lipinski definition) is 2. The maximum atomic E-state index is 12.2. The molecule has 2 N–H and O–H groups in total. The van der Waals surface area contributed by atoms with Gasteiger partial charge in [-0.3, -0.25) is 4.79 Å². The zero-order valence-corrected chi connectivity index (χ0v) is 7.47. The number of alkyl halides is 3. The van der Waals surface area contributed by atoms with Crippen LogP contribution >= 0.6 is 0 Å². The number of piperidine rings is 1. The van der Waals surface area contributed by atoms with Crippen LogP contribution in [0.15, 0.2) is 0 Å². The number of carboxylic acid groups (broad SMARTS) is 1. The van der Waals surface area contributed by atoms with Gasteiger partial charge in [-0.05, 0) is 25.3 Å². The van der Waals surface area contributed by atoms with E-state index < -0.39 is 18.2 Å². The molecule has 0 saturated carbocycles. The van der Waals surface area contributed by atoms with Gasteiger partial charge in [0, 0.05) is 6.42 Å². The molecule has 0 bridgehead atoms. The molecule has 1 rings (SSSR count). The fourth-order valence-electron chi connectivity index (χ4n) is 1.62. The summed E-state index contributed by atoms with van der Waals surface area (Å²) in [5, 5.41) is 10.8. The molecule has 82 valence electrons. The van der Waals surface area contributed by atoms with Gasteiger partial charge in [0.05, 0.1) is 0 Å². The fourth-order valence-corrected chi connectivity index (χ4v) is 1.62. The predicted octanol–water partition coefficient (Wildman–Crippen LogP) is 1.39. The number of carboxylic acids is 1. The third-order valence-electron chi connectivity index (χ3n) is 2.37. The van der Waals surface area contributed by atoms with Gasteiger partial charge in [-0.25, -0.2) is 0 Å². The third kappa shape index (κ3) is 3.17. The Balaban J connectivity index is 2.35. The molecule has 0 radical (unpaired) electrons. The maximum Gasteiger partial charge on any atom is 0.403 e. The largest absolute Gasteiger partial charge is 0.481 e. The van der Waals surface area contributed by atoms with Crippen molar-refractivity contribution >= 4 is 5.97 Å². The Morgan fingerprint density at radius 2 is 2.07 bits per heavy atom. The number of hydrogen-bond acceptors (Lipinski definition) is 2. The molecule has 0 amide bonds. The standard InChI is InChI=1S/C8H12F3NO2/c9-8(10,11)6-2-1-5(4-12-6)3-7(13)14/h5-6,12H,1-4H2,(H,13,14). The molecule has 0 aromatic rings. The Kier molecular flexibility index (Phi) is 3.36. The molecule has 1 heterocycles. The summed E-state index contributed by atoms with van der Waals surface area (Å²) in [4.78, 5) is 10.3. The van der Waals surface area contributed by atoms with Gasteiger partial charge in [0.2, 0.25) is 0 Å². The van der Waals surface area contributed by atoms with Gasteiger partial charge in [-0.2, -0.15) is 13.2 Å². The van der Waals surface area contributed by atoms with Gasteiger partial charge in [0.15, 0.2) is 0 Å². The van der Waals surface area contributed by atoms with E-state index in [1.807, 2.05) is 0 Å². The lowest BCUT2D eigenvalue weighted by Crippen LogP contribution is -2.48. The minimum Gasteiger partial charge on any atom is -0.481 e. The Labute approximate surface area is 79.3 Å². The van der Waals surface area contributed by atoms with E-state index >= 15 is 0 Å². The van der Waals surface area contributed by atoms with Gasteiger partial charge < -0.3 is 10.4 Å². The minimum atomic E-state index is -4.21. The SMILES string of the molecule is O=C(O)CC1CCC(C(F)(F)F)NC1. The van der Waals surface area contributed by atoms with E-state index in [2.05, 4.69) is 5.32 Å². The van der Waals surface area contributed by atoms with Crippen molar-refractivity contribution in [2.45, 2.75) is 31.5 Å². The summed E-state index contributed by atoms with van der Waals surface area (Å²) < 4.78 is 36.5.